The second kappa shape index (κ2) is 3.23. The van der Waals surface area contributed by atoms with E-state index < -0.39 is 12.1 Å². The topological polar surface area (TPSA) is 51.0 Å². The molecule has 1 aliphatic carbocycles. The molecule has 2 rings (SSSR count). The van der Waals surface area contributed by atoms with Crippen molar-refractivity contribution in [1.82, 2.24) is 15.5 Å². The molecule has 0 unspecified atom stereocenters. The van der Waals surface area contributed by atoms with E-state index in [4.69, 9.17) is 0 Å². The quantitative estimate of drug-likeness (QED) is 0.812. The summed E-state index contributed by atoms with van der Waals surface area (Å²) in [6.07, 6.45) is -2.43. The van der Waals surface area contributed by atoms with Crippen LogP contribution in [-0.2, 0) is 12.7 Å². The Morgan fingerprint density at radius 3 is 2.64 bits per heavy atom. The van der Waals surface area contributed by atoms with E-state index in [1.165, 1.54) is 0 Å². The molecule has 0 spiro atoms. The molecule has 4 nitrogen and oxygen atoms in total. The molecule has 1 aliphatic rings. The first-order valence-electron chi connectivity index (χ1n) is 4.19. The molecule has 0 bridgehead atoms. The van der Waals surface area contributed by atoms with Crippen molar-refractivity contribution in [3.8, 4) is 0 Å². The lowest BCUT2D eigenvalue weighted by molar-refractivity contribution is -0.159. The third kappa shape index (κ3) is 2.22. The van der Waals surface area contributed by atoms with Crippen molar-refractivity contribution < 1.29 is 17.7 Å². The summed E-state index contributed by atoms with van der Waals surface area (Å²) in [5, 5.41) is 6.20. The highest BCUT2D eigenvalue weighted by Crippen LogP contribution is 2.27. The minimum absolute atomic E-state index is 0.0456. The van der Waals surface area contributed by atoms with Gasteiger partial charge in [-0.1, -0.05) is 5.16 Å². The van der Waals surface area contributed by atoms with E-state index in [0.717, 1.165) is 12.8 Å². The molecule has 78 valence electrons. The van der Waals surface area contributed by atoms with Crippen LogP contribution in [0.25, 0.3) is 0 Å². The van der Waals surface area contributed by atoms with Crippen LogP contribution < -0.4 is 5.32 Å². The van der Waals surface area contributed by atoms with Gasteiger partial charge in [-0.05, 0) is 12.8 Å². The Labute approximate surface area is 77.5 Å². The van der Waals surface area contributed by atoms with Gasteiger partial charge in [0.25, 0.3) is 0 Å². The summed E-state index contributed by atoms with van der Waals surface area (Å²) in [4.78, 5) is 3.22. The molecule has 7 heteroatoms. The van der Waals surface area contributed by atoms with E-state index in [9.17, 15) is 13.2 Å². The van der Waals surface area contributed by atoms with Crippen molar-refractivity contribution in [2.24, 2.45) is 0 Å². The zero-order chi connectivity index (χ0) is 10.2. The summed E-state index contributed by atoms with van der Waals surface area (Å²) in [7, 11) is 0. The lowest BCUT2D eigenvalue weighted by Crippen LogP contribution is -2.16. The van der Waals surface area contributed by atoms with Gasteiger partial charge in [0.05, 0.1) is 6.54 Å². The van der Waals surface area contributed by atoms with Crippen LogP contribution in [0, 0.1) is 0 Å². The summed E-state index contributed by atoms with van der Waals surface area (Å²) in [5.74, 6) is -1.24. The Kier molecular flexibility index (Phi) is 2.18. The molecule has 0 aromatic carbocycles. The summed E-state index contributed by atoms with van der Waals surface area (Å²) in [5.41, 5.74) is 0. The first-order valence-corrected chi connectivity index (χ1v) is 4.19. The van der Waals surface area contributed by atoms with E-state index in [1.807, 2.05) is 0 Å². The van der Waals surface area contributed by atoms with Crippen molar-refractivity contribution in [3.05, 3.63) is 11.7 Å². The monoisotopic (exact) mass is 207 g/mol. The third-order valence-corrected chi connectivity index (χ3v) is 1.84. The molecule has 1 N–H and O–H groups in total. The molecule has 0 saturated heterocycles. The standard InChI is InChI=1S/C7H8F3N3O/c8-7(9,10)6-12-5(13-14-6)3-11-4-1-2-4/h4,11H,1-3H2. The average molecular weight is 207 g/mol. The first-order chi connectivity index (χ1) is 6.55. The summed E-state index contributed by atoms with van der Waals surface area (Å²) < 4.78 is 40.0. The molecule has 0 amide bonds. The van der Waals surface area contributed by atoms with Crippen LogP contribution in [-0.4, -0.2) is 16.2 Å². The van der Waals surface area contributed by atoms with Gasteiger partial charge in [-0.15, -0.1) is 0 Å². The van der Waals surface area contributed by atoms with Crippen LogP contribution in [0.4, 0.5) is 13.2 Å². The van der Waals surface area contributed by atoms with E-state index in [0.29, 0.717) is 6.04 Å². The Balaban J connectivity index is 1.94. The Bertz CT molecular complexity index is 318. The van der Waals surface area contributed by atoms with Gasteiger partial charge in [-0.2, -0.15) is 18.2 Å². The molecule has 1 aromatic rings. The molecule has 1 aromatic heterocycles. The van der Waals surface area contributed by atoms with Crippen molar-refractivity contribution in [2.45, 2.75) is 31.6 Å². The number of rotatable bonds is 3. The predicted molar refractivity (Wildman–Crippen MR) is 39.2 cm³/mol. The van der Waals surface area contributed by atoms with Gasteiger partial charge in [0.2, 0.25) is 0 Å². The van der Waals surface area contributed by atoms with Crippen LogP contribution in [0.15, 0.2) is 4.52 Å². The van der Waals surface area contributed by atoms with Crippen molar-refractivity contribution >= 4 is 0 Å². The Morgan fingerprint density at radius 2 is 2.14 bits per heavy atom. The molecule has 1 saturated carbocycles. The number of nitrogens with one attached hydrogen (secondary N) is 1. The molecule has 0 aliphatic heterocycles. The largest absolute Gasteiger partial charge is 0.471 e. The smallest absolute Gasteiger partial charge is 0.329 e. The first kappa shape index (κ1) is 9.45. The van der Waals surface area contributed by atoms with E-state index >= 15 is 0 Å². The Hall–Kier alpha value is -1.11. The fraction of sp³-hybridized carbons (Fsp3) is 0.714. The molecular formula is C7H8F3N3O. The molecule has 0 atom stereocenters. The molecule has 1 fully saturated rings. The van der Waals surface area contributed by atoms with Crippen LogP contribution in [0.1, 0.15) is 24.6 Å². The Morgan fingerprint density at radius 1 is 1.43 bits per heavy atom. The van der Waals surface area contributed by atoms with Gasteiger partial charge in [0, 0.05) is 6.04 Å². The fourth-order valence-electron chi connectivity index (χ4n) is 0.964. The van der Waals surface area contributed by atoms with Crippen LogP contribution in [0.3, 0.4) is 0 Å². The van der Waals surface area contributed by atoms with E-state index in [-0.39, 0.29) is 12.4 Å². The minimum atomic E-state index is -4.55. The highest BCUT2D eigenvalue weighted by atomic mass is 19.4. The van der Waals surface area contributed by atoms with Gasteiger partial charge in [-0.25, -0.2) is 0 Å². The maximum absolute atomic E-state index is 12.0. The summed E-state index contributed by atoms with van der Waals surface area (Å²) >= 11 is 0. The average Bonchev–Trinajstić information content (AvgIpc) is 2.77. The van der Waals surface area contributed by atoms with Gasteiger partial charge in [0.15, 0.2) is 5.82 Å². The number of nitrogens with zero attached hydrogens (tertiary/aromatic N) is 2. The maximum atomic E-state index is 12.0. The van der Waals surface area contributed by atoms with Crippen LogP contribution in [0.5, 0.6) is 0 Å². The van der Waals surface area contributed by atoms with E-state index in [1.54, 1.807) is 0 Å². The van der Waals surface area contributed by atoms with Crippen LogP contribution >= 0.6 is 0 Å². The minimum Gasteiger partial charge on any atom is -0.329 e. The number of aromatic nitrogens is 2. The van der Waals surface area contributed by atoms with Gasteiger partial charge in [0.1, 0.15) is 0 Å². The maximum Gasteiger partial charge on any atom is 0.471 e. The van der Waals surface area contributed by atoms with Gasteiger partial charge in [-0.3, -0.25) is 0 Å². The summed E-state index contributed by atoms with van der Waals surface area (Å²) in [6, 6.07) is 0.405. The lowest BCUT2D eigenvalue weighted by Gasteiger charge is -1.96. The van der Waals surface area contributed by atoms with Crippen molar-refractivity contribution in [1.29, 1.82) is 0 Å². The molecule has 1 heterocycles. The zero-order valence-corrected chi connectivity index (χ0v) is 7.14. The summed E-state index contributed by atoms with van der Waals surface area (Å²) in [6.45, 7) is 0.226. The highest BCUT2D eigenvalue weighted by molar-refractivity contribution is 4.91. The number of alkyl halides is 3. The second-order valence-electron chi connectivity index (χ2n) is 3.17. The van der Waals surface area contributed by atoms with Gasteiger partial charge < -0.3 is 9.84 Å². The highest BCUT2D eigenvalue weighted by Gasteiger charge is 2.38. The van der Waals surface area contributed by atoms with E-state index in [2.05, 4.69) is 20.0 Å². The zero-order valence-electron chi connectivity index (χ0n) is 7.14. The molecule has 14 heavy (non-hydrogen) atoms. The van der Waals surface area contributed by atoms with Crippen LogP contribution in [0.2, 0.25) is 0 Å². The number of halogens is 3. The third-order valence-electron chi connectivity index (χ3n) is 1.84. The number of hydrogen-bond donors (Lipinski definition) is 1. The van der Waals surface area contributed by atoms with Crippen molar-refractivity contribution in [3.63, 3.8) is 0 Å². The SMILES string of the molecule is FC(F)(F)c1nc(CNC2CC2)no1. The molecule has 0 radical (unpaired) electrons. The number of hydrogen-bond acceptors (Lipinski definition) is 4. The van der Waals surface area contributed by atoms with Crippen molar-refractivity contribution in [2.75, 3.05) is 0 Å². The predicted octanol–water partition coefficient (Wildman–Crippen LogP) is 1.34. The lowest BCUT2D eigenvalue weighted by atomic mass is 10.5. The van der Waals surface area contributed by atoms with Gasteiger partial charge >= 0.3 is 12.1 Å². The molecular weight excluding hydrogens is 199 g/mol. The second-order valence-corrected chi connectivity index (χ2v) is 3.17. The normalized spacial score (nSPS) is 17.4. The fourth-order valence-corrected chi connectivity index (χ4v) is 0.964.